The number of nitrogens with zero attached hydrogens (tertiary/aromatic N) is 2. The van der Waals surface area contributed by atoms with E-state index in [0.29, 0.717) is 11.3 Å². The molecule has 0 aliphatic rings. The number of hydrazine groups is 1. The van der Waals surface area contributed by atoms with Gasteiger partial charge in [-0.1, -0.05) is 48.5 Å². The number of fused-ring (bicyclic) bond motifs is 1. The standard InChI is InChI=1S/C28H18F2N4O4/c29-19-12-11-17(15-20(19)30)26(35)33-34(18-9-5-2-6-10-18)21-13-14-31-25-23(21)22(16-7-3-1-4-8-16)24(28(37)38)27(36)32-25/h1-15H,(H,33,35)(H,37,38)(H,31,32,36). The van der Waals surface area contributed by atoms with Crippen molar-refractivity contribution >= 4 is 34.3 Å². The third-order valence-corrected chi connectivity index (χ3v) is 5.81. The van der Waals surface area contributed by atoms with Crippen LogP contribution in [0.5, 0.6) is 0 Å². The molecule has 5 aromatic rings. The zero-order chi connectivity index (χ0) is 26.8. The highest BCUT2D eigenvalue weighted by Crippen LogP contribution is 2.37. The highest BCUT2D eigenvalue weighted by Gasteiger charge is 2.26. The molecular weight excluding hydrogens is 494 g/mol. The summed E-state index contributed by atoms with van der Waals surface area (Å²) in [6.45, 7) is 0. The van der Waals surface area contributed by atoms with Gasteiger partial charge in [0.2, 0.25) is 0 Å². The number of nitrogens with one attached hydrogen (secondary N) is 2. The Morgan fingerprint density at radius 3 is 2.24 bits per heavy atom. The average molecular weight is 512 g/mol. The Morgan fingerprint density at radius 1 is 0.895 bits per heavy atom. The van der Waals surface area contributed by atoms with Crippen LogP contribution in [-0.2, 0) is 0 Å². The molecule has 0 aliphatic heterocycles. The van der Waals surface area contributed by atoms with Crippen LogP contribution in [0, 0.1) is 11.6 Å². The molecule has 38 heavy (non-hydrogen) atoms. The minimum absolute atomic E-state index is 0.0827. The highest BCUT2D eigenvalue weighted by atomic mass is 19.2. The number of halogens is 2. The first-order valence-electron chi connectivity index (χ1n) is 11.3. The molecule has 5 rings (SSSR count). The Balaban J connectivity index is 1.79. The van der Waals surface area contributed by atoms with Crippen LogP contribution in [0.3, 0.4) is 0 Å². The van der Waals surface area contributed by atoms with Crippen molar-refractivity contribution in [2.24, 2.45) is 0 Å². The summed E-state index contributed by atoms with van der Waals surface area (Å²) < 4.78 is 27.3. The van der Waals surface area contributed by atoms with Gasteiger partial charge in [-0.2, -0.15) is 0 Å². The monoisotopic (exact) mass is 512 g/mol. The number of hydrogen-bond acceptors (Lipinski definition) is 5. The molecule has 0 atom stereocenters. The predicted molar refractivity (Wildman–Crippen MR) is 137 cm³/mol. The van der Waals surface area contributed by atoms with E-state index in [1.165, 1.54) is 17.3 Å². The van der Waals surface area contributed by atoms with E-state index in [0.717, 1.165) is 18.2 Å². The van der Waals surface area contributed by atoms with Crippen LogP contribution in [0.2, 0.25) is 0 Å². The molecule has 8 nitrogen and oxygen atoms in total. The van der Waals surface area contributed by atoms with E-state index in [4.69, 9.17) is 0 Å². The Labute approximate surface area is 213 Å². The lowest BCUT2D eigenvalue weighted by Crippen LogP contribution is -2.39. The lowest BCUT2D eigenvalue weighted by atomic mass is 9.96. The summed E-state index contributed by atoms with van der Waals surface area (Å²) in [6.07, 6.45) is 1.39. The van der Waals surface area contributed by atoms with Crippen molar-refractivity contribution in [3.8, 4) is 11.1 Å². The van der Waals surface area contributed by atoms with Gasteiger partial charge in [0.15, 0.2) is 11.6 Å². The molecule has 0 spiro atoms. The van der Waals surface area contributed by atoms with Gasteiger partial charge in [-0.3, -0.25) is 20.0 Å². The average Bonchev–Trinajstić information content (AvgIpc) is 2.92. The Bertz CT molecular complexity index is 1740. The molecular formula is C28H18F2N4O4. The Hall–Kier alpha value is -5.38. The number of aromatic carboxylic acids is 1. The second-order valence-electron chi connectivity index (χ2n) is 8.17. The van der Waals surface area contributed by atoms with Crippen LogP contribution in [0.1, 0.15) is 20.7 Å². The number of pyridine rings is 2. The maximum absolute atomic E-state index is 13.9. The van der Waals surface area contributed by atoms with Gasteiger partial charge >= 0.3 is 5.97 Å². The molecule has 0 unspecified atom stereocenters. The molecule has 3 aromatic carbocycles. The van der Waals surface area contributed by atoms with Crippen molar-refractivity contribution in [1.82, 2.24) is 15.4 Å². The highest BCUT2D eigenvalue weighted by molar-refractivity contribution is 6.11. The lowest BCUT2D eigenvalue weighted by Gasteiger charge is -2.27. The van der Waals surface area contributed by atoms with Gasteiger partial charge in [0.1, 0.15) is 11.2 Å². The minimum atomic E-state index is -1.45. The predicted octanol–water partition coefficient (Wildman–Crippen LogP) is 5.05. The first-order chi connectivity index (χ1) is 18.3. The largest absolute Gasteiger partial charge is 0.477 e. The molecule has 2 aromatic heterocycles. The number of carboxylic acids is 1. The molecule has 0 saturated carbocycles. The quantitative estimate of drug-likeness (QED) is 0.274. The number of carbonyl (C=O) groups is 2. The maximum Gasteiger partial charge on any atom is 0.342 e. The summed E-state index contributed by atoms with van der Waals surface area (Å²) in [5.74, 6) is -4.49. The molecule has 10 heteroatoms. The fourth-order valence-electron chi connectivity index (χ4n) is 4.13. The number of para-hydroxylation sites is 1. The van der Waals surface area contributed by atoms with Gasteiger partial charge < -0.3 is 10.1 Å². The number of carboxylic acid groups (broad SMARTS) is 1. The van der Waals surface area contributed by atoms with Crippen LogP contribution >= 0.6 is 0 Å². The third-order valence-electron chi connectivity index (χ3n) is 5.81. The minimum Gasteiger partial charge on any atom is -0.477 e. The van der Waals surface area contributed by atoms with E-state index < -0.39 is 34.6 Å². The second kappa shape index (κ2) is 9.94. The fraction of sp³-hybridized carbons (Fsp3) is 0. The normalized spacial score (nSPS) is 10.8. The van der Waals surface area contributed by atoms with Crippen LogP contribution in [0.15, 0.2) is 95.9 Å². The Morgan fingerprint density at radius 2 is 1.58 bits per heavy atom. The lowest BCUT2D eigenvalue weighted by molar-refractivity contribution is 0.0695. The molecule has 0 bridgehead atoms. The number of hydrogen-bond donors (Lipinski definition) is 3. The second-order valence-corrected chi connectivity index (χ2v) is 8.17. The molecule has 3 N–H and O–H groups in total. The molecule has 0 saturated heterocycles. The molecule has 0 radical (unpaired) electrons. The topological polar surface area (TPSA) is 115 Å². The summed E-state index contributed by atoms with van der Waals surface area (Å²) in [6, 6.07) is 21.3. The van der Waals surface area contributed by atoms with Gasteiger partial charge in [0.25, 0.3) is 11.5 Å². The van der Waals surface area contributed by atoms with Crippen molar-refractivity contribution in [2.75, 3.05) is 5.01 Å². The van der Waals surface area contributed by atoms with Crippen molar-refractivity contribution in [3.63, 3.8) is 0 Å². The SMILES string of the molecule is O=C(NN(c1ccccc1)c1ccnc2[nH]c(=O)c(C(=O)O)c(-c3ccccc3)c12)c1ccc(F)c(F)c1. The van der Waals surface area contributed by atoms with Gasteiger partial charge in [-0.05, 0) is 42.0 Å². The van der Waals surface area contributed by atoms with E-state index in [1.54, 1.807) is 60.7 Å². The van der Waals surface area contributed by atoms with E-state index in [1.807, 2.05) is 0 Å². The third kappa shape index (κ3) is 4.46. The summed E-state index contributed by atoms with van der Waals surface area (Å²) in [5, 5.41) is 11.6. The Kier molecular flexibility index (Phi) is 6.36. The summed E-state index contributed by atoms with van der Waals surface area (Å²) in [7, 11) is 0. The zero-order valence-corrected chi connectivity index (χ0v) is 19.5. The number of amides is 1. The summed E-state index contributed by atoms with van der Waals surface area (Å²) in [4.78, 5) is 45.0. The van der Waals surface area contributed by atoms with Gasteiger partial charge in [0, 0.05) is 17.3 Å². The molecule has 2 heterocycles. The molecule has 188 valence electrons. The van der Waals surface area contributed by atoms with E-state index >= 15 is 0 Å². The first-order valence-corrected chi connectivity index (χ1v) is 11.3. The van der Waals surface area contributed by atoms with E-state index in [-0.39, 0.29) is 27.8 Å². The van der Waals surface area contributed by atoms with Crippen molar-refractivity contribution in [3.05, 3.63) is 124 Å². The van der Waals surface area contributed by atoms with E-state index in [9.17, 15) is 28.3 Å². The number of carbonyl (C=O) groups excluding carboxylic acids is 1. The summed E-state index contributed by atoms with van der Waals surface area (Å²) >= 11 is 0. The number of rotatable bonds is 6. The van der Waals surface area contributed by atoms with Gasteiger partial charge in [-0.25, -0.2) is 18.6 Å². The number of H-pyrrole nitrogens is 1. The van der Waals surface area contributed by atoms with Crippen molar-refractivity contribution in [2.45, 2.75) is 0 Å². The number of benzene rings is 3. The van der Waals surface area contributed by atoms with Gasteiger partial charge in [0.05, 0.1) is 16.8 Å². The van der Waals surface area contributed by atoms with E-state index in [2.05, 4.69) is 15.4 Å². The molecule has 1 amide bonds. The van der Waals surface area contributed by atoms with Crippen LogP contribution in [0.4, 0.5) is 20.2 Å². The fourth-order valence-corrected chi connectivity index (χ4v) is 4.13. The van der Waals surface area contributed by atoms with Crippen LogP contribution in [-0.4, -0.2) is 27.0 Å². The van der Waals surface area contributed by atoms with Gasteiger partial charge in [-0.15, -0.1) is 0 Å². The number of aromatic amines is 1. The van der Waals surface area contributed by atoms with Crippen molar-refractivity contribution in [1.29, 1.82) is 0 Å². The van der Waals surface area contributed by atoms with Crippen molar-refractivity contribution < 1.29 is 23.5 Å². The molecule has 0 aliphatic carbocycles. The van der Waals surface area contributed by atoms with Crippen LogP contribution < -0.4 is 16.0 Å². The summed E-state index contributed by atoms with van der Waals surface area (Å²) in [5.41, 5.74) is 2.55. The molecule has 0 fully saturated rings. The van der Waals surface area contributed by atoms with Crippen LogP contribution in [0.25, 0.3) is 22.2 Å². The zero-order valence-electron chi connectivity index (χ0n) is 19.5. The first kappa shape index (κ1) is 24.3. The smallest absolute Gasteiger partial charge is 0.342 e. The number of anilines is 2. The maximum atomic E-state index is 13.9. The number of aromatic nitrogens is 2.